The number of nitrogens with one attached hydrogen (secondary N) is 2. The molecule has 1 aromatic heterocycles. The van der Waals surface area contributed by atoms with Gasteiger partial charge in [0.2, 0.25) is 5.56 Å². The van der Waals surface area contributed by atoms with Gasteiger partial charge in [0.25, 0.3) is 0 Å². The Morgan fingerprint density at radius 3 is 2.46 bits per heavy atom. The number of aromatic amines is 1. The molecule has 0 spiro atoms. The number of aryl methyl sites for hydroxylation is 2. The molecular formula is C22H24N2O2. The Morgan fingerprint density at radius 1 is 1.00 bits per heavy atom. The van der Waals surface area contributed by atoms with Crippen LogP contribution in [0, 0.1) is 0 Å². The molecule has 2 aromatic carbocycles. The number of benzene rings is 2. The van der Waals surface area contributed by atoms with Crippen LogP contribution in [0.4, 0.5) is 0 Å². The van der Waals surface area contributed by atoms with Gasteiger partial charge in [0.05, 0.1) is 6.10 Å². The smallest absolute Gasteiger partial charge is 0.248 e. The predicted molar refractivity (Wildman–Crippen MR) is 104 cm³/mol. The van der Waals surface area contributed by atoms with Gasteiger partial charge in [-0.2, -0.15) is 0 Å². The van der Waals surface area contributed by atoms with Gasteiger partial charge in [0.1, 0.15) is 0 Å². The van der Waals surface area contributed by atoms with Gasteiger partial charge in [-0.15, -0.1) is 0 Å². The largest absolute Gasteiger partial charge is 0.387 e. The summed E-state index contributed by atoms with van der Waals surface area (Å²) in [5, 5.41) is 15.2. The van der Waals surface area contributed by atoms with Gasteiger partial charge in [0, 0.05) is 29.6 Å². The third-order valence-electron chi connectivity index (χ3n) is 5.40. The van der Waals surface area contributed by atoms with Crippen molar-refractivity contribution in [3.63, 3.8) is 0 Å². The van der Waals surface area contributed by atoms with Crippen LogP contribution in [0.15, 0.2) is 59.4 Å². The summed E-state index contributed by atoms with van der Waals surface area (Å²) >= 11 is 0. The summed E-state index contributed by atoms with van der Waals surface area (Å²) in [6.45, 7) is 0.513. The third kappa shape index (κ3) is 3.57. The molecule has 4 nitrogen and oxygen atoms in total. The SMILES string of the molecule is O=c1ccc2c([C@@H](O)CNC3CCc4ccccc4CC3)cccc2[nH]1. The van der Waals surface area contributed by atoms with Crippen LogP contribution in [0.2, 0.25) is 0 Å². The molecular weight excluding hydrogens is 324 g/mol. The van der Waals surface area contributed by atoms with E-state index in [-0.39, 0.29) is 5.56 Å². The van der Waals surface area contributed by atoms with Crippen molar-refractivity contribution < 1.29 is 5.11 Å². The van der Waals surface area contributed by atoms with Crippen molar-refractivity contribution in [2.45, 2.75) is 37.8 Å². The van der Waals surface area contributed by atoms with E-state index in [1.54, 1.807) is 6.07 Å². The lowest BCUT2D eigenvalue weighted by molar-refractivity contribution is 0.169. The molecule has 3 aromatic rings. The number of H-pyrrole nitrogens is 1. The van der Waals surface area contributed by atoms with Crippen LogP contribution in [-0.2, 0) is 12.8 Å². The summed E-state index contributed by atoms with van der Waals surface area (Å²) in [4.78, 5) is 14.3. The van der Waals surface area contributed by atoms with Crippen molar-refractivity contribution in [2.75, 3.05) is 6.54 Å². The molecule has 1 aliphatic carbocycles. The molecule has 1 heterocycles. The summed E-state index contributed by atoms with van der Waals surface area (Å²) in [5.74, 6) is 0. The lowest BCUT2D eigenvalue weighted by Gasteiger charge is -2.20. The van der Waals surface area contributed by atoms with E-state index in [1.165, 1.54) is 17.2 Å². The summed E-state index contributed by atoms with van der Waals surface area (Å²) in [6, 6.07) is 18.0. The van der Waals surface area contributed by atoms with Crippen molar-refractivity contribution in [1.29, 1.82) is 0 Å². The zero-order valence-electron chi connectivity index (χ0n) is 14.7. The summed E-state index contributed by atoms with van der Waals surface area (Å²) in [6.07, 6.45) is 3.74. The Hall–Kier alpha value is -2.43. The van der Waals surface area contributed by atoms with Gasteiger partial charge in [-0.3, -0.25) is 4.79 Å². The molecule has 0 radical (unpaired) electrons. The molecule has 4 rings (SSSR count). The maximum absolute atomic E-state index is 11.5. The zero-order chi connectivity index (χ0) is 17.9. The van der Waals surface area contributed by atoms with E-state index >= 15 is 0 Å². The number of pyridine rings is 1. The van der Waals surface area contributed by atoms with Crippen molar-refractivity contribution in [1.82, 2.24) is 10.3 Å². The first-order chi connectivity index (χ1) is 12.7. The van der Waals surface area contributed by atoms with Crippen LogP contribution in [0.1, 0.15) is 35.6 Å². The Balaban J connectivity index is 1.43. The minimum Gasteiger partial charge on any atom is -0.387 e. The highest BCUT2D eigenvalue weighted by atomic mass is 16.3. The number of aliphatic hydroxyl groups is 1. The molecule has 134 valence electrons. The summed E-state index contributed by atoms with van der Waals surface area (Å²) in [5.41, 5.74) is 4.40. The third-order valence-corrected chi connectivity index (χ3v) is 5.40. The lowest BCUT2D eigenvalue weighted by atomic mass is 10.0. The van der Waals surface area contributed by atoms with Crippen molar-refractivity contribution in [3.8, 4) is 0 Å². The highest BCUT2D eigenvalue weighted by molar-refractivity contribution is 5.82. The van der Waals surface area contributed by atoms with E-state index < -0.39 is 6.10 Å². The van der Waals surface area contributed by atoms with Crippen molar-refractivity contribution >= 4 is 10.9 Å². The second kappa shape index (κ2) is 7.44. The molecule has 1 atom stereocenters. The van der Waals surface area contributed by atoms with E-state index in [9.17, 15) is 9.90 Å². The second-order valence-electron chi connectivity index (χ2n) is 7.10. The molecule has 26 heavy (non-hydrogen) atoms. The molecule has 0 saturated carbocycles. The van der Waals surface area contributed by atoms with Crippen LogP contribution in [-0.4, -0.2) is 22.7 Å². The number of aromatic nitrogens is 1. The lowest BCUT2D eigenvalue weighted by Crippen LogP contribution is -2.33. The van der Waals surface area contributed by atoms with Crippen LogP contribution in [0.25, 0.3) is 10.9 Å². The van der Waals surface area contributed by atoms with E-state index in [0.29, 0.717) is 12.6 Å². The number of hydrogen-bond acceptors (Lipinski definition) is 3. The molecule has 0 fully saturated rings. The first kappa shape index (κ1) is 17.0. The van der Waals surface area contributed by atoms with Gasteiger partial charge >= 0.3 is 0 Å². The van der Waals surface area contributed by atoms with Crippen LogP contribution in [0.3, 0.4) is 0 Å². The minimum atomic E-state index is -0.602. The van der Waals surface area contributed by atoms with Crippen molar-refractivity contribution in [3.05, 3.63) is 81.6 Å². The average Bonchev–Trinajstić information content (AvgIpc) is 2.88. The standard InChI is InChI=1S/C22H24N2O2/c25-21(19-6-3-7-20-18(19)12-13-22(26)24-20)14-23-17-10-8-15-4-1-2-5-16(15)9-11-17/h1-7,12-13,17,21,23,25H,8-11,14H2,(H,24,26)/t21-/m0/s1. The molecule has 0 bridgehead atoms. The molecule has 4 heteroatoms. The van der Waals surface area contributed by atoms with E-state index in [0.717, 1.165) is 42.1 Å². The number of rotatable bonds is 4. The Morgan fingerprint density at radius 2 is 1.73 bits per heavy atom. The molecule has 1 aliphatic rings. The Bertz CT molecular complexity index is 937. The van der Waals surface area contributed by atoms with E-state index in [1.807, 2.05) is 18.2 Å². The zero-order valence-corrected chi connectivity index (χ0v) is 14.7. The first-order valence-electron chi connectivity index (χ1n) is 9.31. The number of aliphatic hydroxyl groups excluding tert-OH is 1. The highest BCUT2D eigenvalue weighted by Gasteiger charge is 2.18. The highest BCUT2D eigenvalue weighted by Crippen LogP contribution is 2.24. The molecule has 0 amide bonds. The van der Waals surface area contributed by atoms with Crippen LogP contribution >= 0.6 is 0 Å². The van der Waals surface area contributed by atoms with Gasteiger partial charge in [-0.05, 0) is 54.5 Å². The summed E-state index contributed by atoms with van der Waals surface area (Å²) in [7, 11) is 0. The molecule has 3 N–H and O–H groups in total. The number of hydrogen-bond donors (Lipinski definition) is 3. The minimum absolute atomic E-state index is 0.125. The van der Waals surface area contributed by atoms with Crippen LogP contribution in [0.5, 0.6) is 0 Å². The Labute approximate surface area is 152 Å². The fourth-order valence-electron chi connectivity index (χ4n) is 3.94. The van der Waals surface area contributed by atoms with E-state index in [2.05, 4.69) is 34.6 Å². The van der Waals surface area contributed by atoms with Gasteiger partial charge < -0.3 is 15.4 Å². The van der Waals surface area contributed by atoms with Crippen LogP contribution < -0.4 is 10.9 Å². The molecule has 0 aliphatic heterocycles. The molecule has 0 unspecified atom stereocenters. The average molecular weight is 348 g/mol. The van der Waals surface area contributed by atoms with E-state index in [4.69, 9.17) is 0 Å². The van der Waals surface area contributed by atoms with Gasteiger partial charge in [-0.25, -0.2) is 0 Å². The Kier molecular flexibility index (Phi) is 4.87. The quantitative estimate of drug-likeness (QED) is 0.635. The monoisotopic (exact) mass is 348 g/mol. The first-order valence-corrected chi connectivity index (χ1v) is 9.31. The maximum atomic E-state index is 11.5. The van der Waals surface area contributed by atoms with Gasteiger partial charge in [-0.1, -0.05) is 36.4 Å². The maximum Gasteiger partial charge on any atom is 0.248 e. The molecule has 0 saturated heterocycles. The fourth-order valence-corrected chi connectivity index (χ4v) is 3.94. The predicted octanol–water partition coefficient (Wildman–Crippen LogP) is 3.10. The normalized spacial score (nSPS) is 16.2. The van der Waals surface area contributed by atoms with Gasteiger partial charge in [0.15, 0.2) is 0 Å². The topological polar surface area (TPSA) is 65.1 Å². The van der Waals surface area contributed by atoms with Crippen molar-refractivity contribution in [2.24, 2.45) is 0 Å². The number of fused-ring (bicyclic) bond motifs is 2. The summed E-state index contributed by atoms with van der Waals surface area (Å²) < 4.78 is 0. The fraction of sp³-hybridized carbons (Fsp3) is 0.318. The second-order valence-corrected chi connectivity index (χ2v) is 7.10.